The molecule has 0 aliphatic rings. The summed E-state index contributed by atoms with van der Waals surface area (Å²) in [6, 6.07) is 3.95. The molecule has 17 heavy (non-hydrogen) atoms. The monoisotopic (exact) mass is 301 g/mol. The van der Waals surface area contributed by atoms with E-state index in [4.69, 9.17) is 5.73 Å². The normalized spacial score (nSPS) is 11.9. The number of nitrogens with two attached hydrogens (primary N) is 1. The Morgan fingerprint density at radius 1 is 1.65 bits per heavy atom. The summed E-state index contributed by atoms with van der Waals surface area (Å²) < 4.78 is 0.599. The summed E-state index contributed by atoms with van der Waals surface area (Å²) >= 11 is 3.15. The standard InChI is InChI=1S/C10H12BrN3O3/c1-2-7(10(12)15)13-8-4-3-6(11)5-9(8)14(16)17/h3-5,7,13H,2H2,1H3,(H2,12,15)/t7-/m0/s1. The summed E-state index contributed by atoms with van der Waals surface area (Å²) in [6.45, 7) is 1.77. The van der Waals surface area contributed by atoms with Crippen LogP contribution in [0.5, 0.6) is 0 Å². The third-order valence-corrected chi connectivity index (χ3v) is 2.73. The van der Waals surface area contributed by atoms with Crippen molar-refractivity contribution in [1.29, 1.82) is 0 Å². The minimum Gasteiger partial charge on any atom is -0.368 e. The van der Waals surface area contributed by atoms with Crippen LogP contribution in [0.15, 0.2) is 22.7 Å². The summed E-state index contributed by atoms with van der Waals surface area (Å²) in [5, 5.41) is 13.6. The molecule has 0 saturated heterocycles. The minimum atomic E-state index is -0.616. The van der Waals surface area contributed by atoms with Crippen LogP contribution in [0.2, 0.25) is 0 Å². The summed E-state index contributed by atoms with van der Waals surface area (Å²) in [5.74, 6) is -0.537. The second-order valence-electron chi connectivity index (χ2n) is 3.43. The molecule has 92 valence electrons. The largest absolute Gasteiger partial charge is 0.368 e. The van der Waals surface area contributed by atoms with Crippen LogP contribution in [0.25, 0.3) is 0 Å². The molecule has 0 aliphatic heterocycles. The van der Waals surface area contributed by atoms with E-state index in [-0.39, 0.29) is 11.4 Å². The zero-order valence-corrected chi connectivity index (χ0v) is 10.7. The number of primary amides is 1. The molecule has 1 aromatic rings. The maximum absolute atomic E-state index is 11.1. The fourth-order valence-corrected chi connectivity index (χ4v) is 1.69. The average molecular weight is 302 g/mol. The number of amides is 1. The highest BCUT2D eigenvalue weighted by Gasteiger charge is 2.19. The lowest BCUT2D eigenvalue weighted by molar-refractivity contribution is -0.384. The number of halogens is 1. The first-order chi connectivity index (χ1) is 7.95. The van der Waals surface area contributed by atoms with Gasteiger partial charge >= 0.3 is 0 Å². The van der Waals surface area contributed by atoms with Crippen molar-refractivity contribution in [3.8, 4) is 0 Å². The Labute approximate surface area is 106 Å². The van der Waals surface area contributed by atoms with E-state index in [0.717, 1.165) is 0 Å². The van der Waals surface area contributed by atoms with E-state index in [2.05, 4.69) is 21.2 Å². The number of benzene rings is 1. The van der Waals surface area contributed by atoms with Gasteiger partial charge in [-0.1, -0.05) is 22.9 Å². The number of carbonyl (C=O) groups excluding carboxylic acids is 1. The molecule has 7 heteroatoms. The van der Waals surface area contributed by atoms with Gasteiger partial charge < -0.3 is 11.1 Å². The van der Waals surface area contributed by atoms with E-state index in [9.17, 15) is 14.9 Å². The summed E-state index contributed by atoms with van der Waals surface area (Å²) in [7, 11) is 0. The number of nitro groups is 1. The smallest absolute Gasteiger partial charge is 0.293 e. The van der Waals surface area contributed by atoms with Crippen molar-refractivity contribution < 1.29 is 9.72 Å². The number of anilines is 1. The molecule has 1 aromatic carbocycles. The molecule has 0 bridgehead atoms. The summed E-state index contributed by atoms with van der Waals surface area (Å²) in [4.78, 5) is 21.4. The van der Waals surface area contributed by atoms with Crippen molar-refractivity contribution in [2.24, 2.45) is 5.73 Å². The van der Waals surface area contributed by atoms with Gasteiger partial charge in [0.1, 0.15) is 11.7 Å². The zero-order valence-electron chi connectivity index (χ0n) is 9.14. The van der Waals surface area contributed by atoms with Gasteiger partial charge in [-0.2, -0.15) is 0 Å². The molecule has 0 heterocycles. The lowest BCUT2D eigenvalue weighted by Gasteiger charge is -2.14. The third-order valence-electron chi connectivity index (χ3n) is 2.24. The molecule has 1 amide bonds. The molecule has 0 aromatic heterocycles. The van der Waals surface area contributed by atoms with Crippen molar-refractivity contribution in [2.45, 2.75) is 19.4 Å². The molecule has 0 saturated carbocycles. The molecule has 3 N–H and O–H groups in total. The second-order valence-corrected chi connectivity index (χ2v) is 4.34. The highest BCUT2D eigenvalue weighted by atomic mass is 79.9. The molecular formula is C10H12BrN3O3. The predicted molar refractivity (Wildman–Crippen MR) is 67.7 cm³/mol. The van der Waals surface area contributed by atoms with Crippen molar-refractivity contribution in [1.82, 2.24) is 0 Å². The fraction of sp³-hybridized carbons (Fsp3) is 0.300. The van der Waals surface area contributed by atoms with Gasteiger partial charge in [0.15, 0.2) is 0 Å². The van der Waals surface area contributed by atoms with Gasteiger partial charge in [0.25, 0.3) is 5.69 Å². The van der Waals surface area contributed by atoms with Crippen LogP contribution in [0.1, 0.15) is 13.3 Å². The molecule has 0 fully saturated rings. The summed E-state index contributed by atoms with van der Waals surface area (Å²) in [5.41, 5.74) is 5.35. The first-order valence-corrected chi connectivity index (χ1v) is 5.74. The lowest BCUT2D eigenvalue weighted by atomic mass is 10.2. The van der Waals surface area contributed by atoms with Crippen LogP contribution in [0.3, 0.4) is 0 Å². The lowest BCUT2D eigenvalue weighted by Crippen LogP contribution is -2.34. The number of nitrogens with one attached hydrogen (secondary N) is 1. The maximum Gasteiger partial charge on any atom is 0.293 e. The molecule has 1 rings (SSSR count). The second kappa shape index (κ2) is 5.62. The number of nitro benzene ring substituents is 1. The van der Waals surface area contributed by atoms with Gasteiger partial charge in [0.05, 0.1) is 4.92 Å². The Bertz CT molecular complexity index is 450. The van der Waals surface area contributed by atoms with E-state index >= 15 is 0 Å². The number of rotatable bonds is 5. The van der Waals surface area contributed by atoms with Gasteiger partial charge in [0, 0.05) is 10.5 Å². The van der Waals surface area contributed by atoms with Crippen LogP contribution in [0.4, 0.5) is 11.4 Å². The van der Waals surface area contributed by atoms with E-state index in [1.165, 1.54) is 12.1 Å². The van der Waals surface area contributed by atoms with Gasteiger partial charge in [-0.3, -0.25) is 14.9 Å². The van der Waals surface area contributed by atoms with Crippen LogP contribution in [0, 0.1) is 10.1 Å². The first-order valence-electron chi connectivity index (χ1n) is 4.95. The Morgan fingerprint density at radius 2 is 2.29 bits per heavy atom. The average Bonchev–Trinajstić information content (AvgIpc) is 2.26. The van der Waals surface area contributed by atoms with E-state index < -0.39 is 16.9 Å². The number of hydrogen-bond donors (Lipinski definition) is 2. The third kappa shape index (κ3) is 3.42. The molecule has 1 atom stereocenters. The van der Waals surface area contributed by atoms with Crippen LogP contribution >= 0.6 is 15.9 Å². The number of hydrogen-bond acceptors (Lipinski definition) is 4. The predicted octanol–water partition coefficient (Wildman–Crippen LogP) is 2.03. The number of nitrogens with zero attached hydrogens (tertiary/aromatic N) is 1. The van der Waals surface area contributed by atoms with Crippen molar-refractivity contribution in [3.05, 3.63) is 32.8 Å². The molecule has 0 aliphatic carbocycles. The number of carbonyl (C=O) groups is 1. The van der Waals surface area contributed by atoms with Gasteiger partial charge in [-0.25, -0.2) is 0 Å². The first kappa shape index (κ1) is 13.4. The van der Waals surface area contributed by atoms with Crippen LogP contribution in [-0.4, -0.2) is 16.9 Å². The van der Waals surface area contributed by atoms with Crippen molar-refractivity contribution >= 4 is 33.2 Å². The van der Waals surface area contributed by atoms with Crippen LogP contribution < -0.4 is 11.1 Å². The SMILES string of the molecule is CC[C@H](Nc1ccc(Br)cc1[N+](=O)[O-])C(N)=O. The van der Waals surface area contributed by atoms with Gasteiger partial charge in [-0.15, -0.1) is 0 Å². The zero-order chi connectivity index (χ0) is 13.0. The van der Waals surface area contributed by atoms with E-state index in [0.29, 0.717) is 10.9 Å². The molecule has 6 nitrogen and oxygen atoms in total. The van der Waals surface area contributed by atoms with Crippen molar-refractivity contribution in [3.63, 3.8) is 0 Å². The Hall–Kier alpha value is -1.63. The molecule has 0 radical (unpaired) electrons. The van der Waals surface area contributed by atoms with Gasteiger partial charge in [-0.05, 0) is 18.6 Å². The maximum atomic E-state index is 11.1. The van der Waals surface area contributed by atoms with Crippen LogP contribution in [-0.2, 0) is 4.79 Å². The minimum absolute atomic E-state index is 0.0981. The summed E-state index contributed by atoms with van der Waals surface area (Å²) in [6.07, 6.45) is 0.461. The van der Waals surface area contributed by atoms with E-state index in [1.54, 1.807) is 13.0 Å². The van der Waals surface area contributed by atoms with Crippen molar-refractivity contribution in [2.75, 3.05) is 5.32 Å². The molecule has 0 spiro atoms. The quantitative estimate of drug-likeness (QED) is 0.642. The Kier molecular flexibility index (Phi) is 4.45. The highest BCUT2D eigenvalue weighted by molar-refractivity contribution is 9.10. The highest BCUT2D eigenvalue weighted by Crippen LogP contribution is 2.28. The Balaban J connectivity index is 3.05. The Morgan fingerprint density at radius 3 is 2.76 bits per heavy atom. The van der Waals surface area contributed by atoms with Gasteiger partial charge in [0.2, 0.25) is 5.91 Å². The van der Waals surface area contributed by atoms with E-state index in [1.807, 2.05) is 0 Å². The topological polar surface area (TPSA) is 98.3 Å². The fourth-order valence-electron chi connectivity index (χ4n) is 1.34. The molecule has 0 unspecified atom stereocenters. The molecular weight excluding hydrogens is 290 g/mol.